The van der Waals surface area contributed by atoms with Crippen LogP contribution in [0.4, 0.5) is 0 Å². The Labute approximate surface area is 115 Å². The van der Waals surface area contributed by atoms with E-state index in [1.807, 2.05) is 0 Å². The lowest BCUT2D eigenvalue weighted by molar-refractivity contribution is -0.167. The molecule has 4 N–H and O–H groups in total. The van der Waals surface area contributed by atoms with Gasteiger partial charge in [-0.25, -0.2) is 5.06 Å². The molecule has 0 radical (unpaired) electrons. The number of hydrogen-bond acceptors (Lipinski definition) is 6. The fourth-order valence-electron chi connectivity index (χ4n) is 2.12. The van der Waals surface area contributed by atoms with E-state index in [4.69, 9.17) is 4.74 Å². The van der Waals surface area contributed by atoms with Crippen molar-refractivity contribution in [3.05, 3.63) is 11.8 Å². The summed E-state index contributed by atoms with van der Waals surface area (Å²) >= 11 is 0. The maximum atomic E-state index is 11.9. The summed E-state index contributed by atoms with van der Waals surface area (Å²) < 4.78 is 5.01. The molecule has 2 heterocycles. The van der Waals surface area contributed by atoms with E-state index in [2.05, 4.69) is 5.32 Å². The summed E-state index contributed by atoms with van der Waals surface area (Å²) in [5.74, 6) is -1.35. The molecule has 0 spiro atoms. The van der Waals surface area contributed by atoms with Crippen molar-refractivity contribution in [2.24, 2.45) is 0 Å². The van der Waals surface area contributed by atoms with E-state index < -0.39 is 30.1 Å². The van der Waals surface area contributed by atoms with Crippen LogP contribution in [0.1, 0.15) is 19.3 Å². The molecule has 0 aromatic carbocycles. The van der Waals surface area contributed by atoms with Crippen LogP contribution in [0.2, 0.25) is 0 Å². The van der Waals surface area contributed by atoms with E-state index in [1.165, 1.54) is 0 Å². The predicted octanol–water partition coefficient (Wildman–Crippen LogP) is -1.49. The zero-order chi connectivity index (χ0) is 14.7. The van der Waals surface area contributed by atoms with Crippen LogP contribution in [0.25, 0.3) is 0 Å². The predicted molar refractivity (Wildman–Crippen MR) is 65.3 cm³/mol. The molecule has 3 atom stereocenters. The smallest absolute Gasteiger partial charge is 0.286 e. The lowest BCUT2D eigenvalue weighted by Crippen LogP contribution is -2.47. The summed E-state index contributed by atoms with van der Waals surface area (Å²) in [6, 6.07) is -0.816. The number of nitrogens with zero attached hydrogens (tertiary/aromatic N) is 1. The molecule has 2 amide bonds. The highest BCUT2D eigenvalue weighted by atomic mass is 16.5. The Hall–Kier alpha value is -1.64. The van der Waals surface area contributed by atoms with Gasteiger partial charge in [0.1, 0.15) is 24.9 Å². The first-order valence-corrected chi connectivity index (χ1v) is 6.51. The minimum Gasteiger partial charge on any atom is -0.485 e. The van der Waals surface area contributed by atoms with Gasteiger partial charge in [0.05, 0.1) is 0 Å². The third-order valence-corrected chi connectivity index (χ3v) is 3.32. The Bertz CT molecular complexity index is 424. The van der Waals surface area contributed by atoms with Crippen LogP contribution in [-0.4, -0.2) is 63.7 Å². The van der Waals surface area contributed by atoms with Crippen molar-refractivity contribution in [2.75, 3.05) is 13.2 Å². The molecule has 1 saturated heterocycles. The van der Waals surface area contributed by atoms with Crippen molar-refractivity contribution in [2.45, 2.75) is 37.5 Å². The number of carbonyl (C=O) groups is 2. The van der Waals surface area contributed by atoms with Gasteiger partial charge in [-0.05, 0) is 25.3 Å². The van der Waals surface area contributed by atoms with Crippen LogP contribution >= 0.6 is 0 Å². The van der Waals surface area contributed by atoms with Crippen LogP contribution in [0.5, 0.6) is 0 Å². The second kappa shape index (κ2) is 6.21. The number of amides is 2. The summed E-state index contributed by atoms with van der Waals surface area (Å²) in [5.41, 5.74) is 0. The number of carbonyl (C=O) groups excluding carboxylic acids is 2. The molecule has 3 unspecified atom stereocenters. The molecule has 1 fully saturated rings. The molecule has 2 aliphatic heterocycles. The summed E-state index contributed by atoms with van der Waals surface area (Å²) in [5, 5.41) is 31.2. The average Bonchev–Trinajstić information content (AvgIpc) is 2.57. The van der Waals surface area contributed by atoms with E-state index in [9.17, 15) is 25.0 Å². The summed E-state index contributed by atoms with van der Waals surface area (Å²) in [4.78, 5) is 23.7. The van der Waals surface area contributed by atoms with Gasteiger partial charge in [-0.15, -0.1) is 0 Å². The molecule has 8 nitrogen and oxygen atoms in total. The minimum atomic E-state index is -1.18. The topological polar surface area (TPSA) is 119 Å². The molecule has 2 aliphatic rings. The molecule has 0 aromatic heterocycles. The third-order valence-electron chi connectivity index (χ3n) is 3.32. The number of nitrogens with one attached hydrogen (secondary N) is 1. The first kappa shape index (κ1) is 14.8. The van der Waals surface area contributed by atoms with Gasteiger partial charge in [0.25, 0.3) is 11.8 Å². The second-order valence-corrected chi connectivity index (χ2v) is 4.88. The van der Waals surface area contributed by atoms with Crippen molar-refractivity contribution in [3.8, 4) is 0 Å². The fourth-order valence-corrected chi connectivity index (χ4v) is 2.12. The maximum Gasteiger partial charge on any atom is 0.286 e. The monoisotopic (exact) mass is 286 g/mol. The molecular weight excluding hydrogens is 268 g/mol. The van der Waals surface area contributed by atoms with Crippen molar-refractivity contribution in [1.82, 2.24) is 10.4 Å². The summed E-state index contributed by atoms with van der Waals surface area (Å²) in [6.07, 6.45) is 0.650. The van der Waals surface area contributed by atoms with Gasteiger partial charge in [0, 0.05) is 6.54 Å². The summed E-state index contributed by atoms with van der Waals surface area (Å²) in [6.45, 7) is 0.0560. The van der Waals surface area contributed by atoms with Gasteiger partial charge in [-0.3, -0.25) is 14.8 Å². The fraction of sp³-hybridized carbons (Fsp3) is 0.667. The number of aliphatic hydroxyl groups excluding tert-OH is 2. The largest absolute Gasteiger partial charge is 0.485 e. The molecule has 0 saturated carbocycles. The maximum absolute atomic E-state index is 11.9. The SMILES string of the molecule is O=C(NC1CCCCN(O)C1=O)C1=CC(O)C(O)CO1. The van der Waals surface area contributed by atoms with E-state index in [0.717, 1.165) is 6.08 Å². The van der Waals surface area contributed by atoms with Gasteiger partial charge in [0.15, 0.2) is 5.76 Å². The van der Waals surface area contributed by atoms with Gasteiger partial charge in [-0.2, -0.15) is 0 Å². The van der Waals surface area contributed by atoms with Gasteiger partial charge in [0.2, 0.25) is 0 Å². The van der Waals surface area contributed by atoms with Gasteiger partial charge in [-0.1, -0.05) is 0 Å². The van der Waals surface area contributed by atoms with E-state index in [1.54, 1.807) is 0 Å². The normalized spacial score (nSPS) is 31.1. The van der Waals surface area contributed by atoms with Crippen molar-refractivity contribution in [1.29, 1.82) is 0 Å². The Balaban J connectivity index is 2.00. The molecule has 20 heavy (non-hydrogen) atoms. The number of hydrogen-bond donors (Lipinski definition) is 4. The zero-order valence-corrected chi connectivity index (χ0v) is 10.9. The average molecular weight is 286 g/mol. The molecule has 2 rings (SSSR count). The van der Waals surface area contributed by atoms with E-state index in [-0.39, 0.29) is 18.9 Å². The lowest BCUT2D eigenvalue weighted by Gasteiger charge is -2.24. The van der Waals surface area contributed by atoms with Crippen molar-refractivity contribution >= 4 is 11.8 Å². The van der Waals surface area contributed by atoms with Crippen LogP contribution in [0.15, 0.2) is 11.8 Å². The second-order valence-electron chi connectivity index (χ2n) is 4.88. The van der Waals surface area contributed by atoms with Crippen LogP contribution in [0.3, 0.4) is 0 Å². The zero-order valence-electron chi connectivity index (χ0n) is 10.9. The molecule has 0 aromatic rings. The van der Waals surface area contributed by atoms with Gasteiger partial charge < -0.3 is 20.3 Å². The first-order valence-electron chi connectivity index (χ1n) is 6.51. The number of hydroxylamine groups is 2. The van der Waals surface area contributed by atoms with Crippen molar-refractivity contribution in [3.63, 3.8) is 0 Å². The van der Waals surface area contributed by atoms with E-state index in [0.29, 0.717) is 24.3 Å². The van der Waals surface area contributed by atoms with Crippen LogP contribution in [-0.2, 0) is 14.3 Å². The Kier molecular flexibility index (Phi) is 4.58. The summed E-state index contributed by atoms with van der Waals surface area (Å²) in [7, 11) is 0. The van der Waals surface area contributed by atoms with Gasteiger partial charge >= 0.3 is 0 Å². The van der Waals surface area contributed by atoms with E-state index >= 15 is 0 Å². The van der Waals surface area contributed by atoms with Crippen LogP contribution < -0.4 is 5.32 Å². The first-order chi connectivity index (χ1) is 9.49. The minimum absolute atomic E-state index is 0.135. The number of aliphatic hydroxyl groups is 2. The molecule has 8 heteroatoms. The molecule has 0 bridgehead atoms. The molecule has 0 aliphatic carbocycles. The quantitative estimate of drug-likeness (QED) is 0.459. The highest BCUT2D eigenvalue weighted by molar-refractivity contribution is 5.95. The standard InChI is InChI=1S/C12H18N2O6/c15-8-5-10(20-6-9(8)16)11(17)13-7-3-1-2-4-14(19)12(7)18/h5,7-9,15-16,19H,1-4,6H2,(H,13,17). The van der Waals surface area contributed by atoms with Crippen LogP contribution in [0, 0.1) is 0 Å². The molecule has 112 valence electrons. The Morgan fingerprint density at radius 2 is 2.15 bits per heavy atom. The highest BCUT2D eigenvalue weighted by Crippen LogP contribution is 2.14. The Morgan fingerprint density at radius 3 is 2.85 bits per heavy atom. The lowest BCUT2D eigenvalue weighted by atomic mass is 10.1. The molecular formula is C12H18N2O6. The number of rotatable bonds is 2. The van der Waals surface area contributed by atoms with Crippen molar-refractivity contribution < 1.29 is 29.7 Å². The Morgan fingerprint density at radius 1 is 1.40 bits per heavy atom. The highest BCUT2D eigenvalue weighted by Gasteiger charge is 2.31. The number of ether oxygens (including phenoxy) is 1. The third kappa shape index (κ3) is 3.27.